The number of aromatic nitrogens is 3. The molecule has 2 aromatic heterocycles. The summed E-state index contributed by atoms with van der Waals surface area (Å²) in [5.41, 5.74) is 3.34. The number of para-hydroxylation sites is 1. The Morgan fingerprint density at radius 2 is 1.97 bits per heavy atom. The Hall–Kier alpha value is -3.27. The molecule has 8 nitrogen and oxygen atoms in total. The predicted octanol–water partition coefficient (Wildman–Crippen LogP) is 3.29. The molecule has 160 valence electrons. The molecule has 0 fully saturated rings. The molecule has 4 N–H and O–H groups in total. The van der Waals surface area contributed by atoms with Crippen LogP contribution in [0.15, 0.2) is 42.5 Å². The van der Waals surface area contributed by atoms with E-state index in [2.05, 4.69) is 20.3 Å². The van der Waals surface area contributed by atoms with Crippen LogP contribution in [0.5, 0.6) is 5.75 Å². The van der Waals surface area contributed by atoms with E-state index in [0.29, 0.717) is 28.3 Å². The number of imidazole rings is 1. The van der Waals surface area contributed by atoms with Crippen LogP contribution in [-0.2, 0) is 0 Å². The first kappa shape index (κ1) is 21.0. The Morgan fingerprint density at radius 1 is 1.19 bits per heavy atom. The highest BCUT2D eigenvalue weighted by atomic mass is 32.1. The van der Waals surface area contributed by atoms with Crippen molar-refractivity contribution in [3.63, 3.8) is 0 Å². The molecule has 0 saturated carbocycles. The van der Waals surface area contributed by atoms with Crippen LogP contribution in [-0.4, -0.2) is 50.4 Å². The van der Waals surface area contributed by atoms with Crippen molar-refractivity contribution in [2.24, 2.45) is 0 Å². The average molecular weight is 439 g/mol. The largest absolute Gasteiger partial charge is 0.491 e. The first-order valence-corrected chi connectivity index (χ1v) is 10.5. The van der Waals surface area contributed by atoms with E-state index in [0.717, 1.165) is 21.1 Å². The van der Waals surface area contributed by atoms with Crippen LogP contribution in [0.3, 0.4) is 0 Å². The summed E-state index contributed by atoms with van der Waals surface area (Å²) in [6, 6.07) is 12.2. The summed E-state index contributed by atoms with van der Waals surface area (Å²) in [6.45, 7) is 3.52. The minimum absolute atomic E-state index is 0.00947. The third-order valence-corrected chi connectivity index (χ3v) is 5.72. The Morgan fingerprint density at radius 3 is 2.65 bits per heavy atom. The number of thiazole rings is 1. The Balaban J connectivity index is 1.53. The van der Waals surface area contributed by atoms with Gasteiger partial charge in [0.2, 0.25) is 0 Å². The van der Waals surface area contributed by atoms with E-state index in [-0.39, 0.29) is 19.1 Å². The van der Waals surface area contributed by atoms with Crippen molar-refractivity contribution in [1.29, 1.82) is 0 Å². The number of aliphatic hydroxyl groups is 2. The summed E-state index contributed by atoms with van der Waals surface area (Å²) in [6.07, 6.45) is -0.934. The first-order chi connectivity index (χ1) is 14.9. The summed E-state index contributed by atoms with van der Waals surface area (Å²) in [5, 5.41) is 22.0. The summed E-state index contributed by atoms with van der Waals surface area (Å²) in [5.74, 6) is 0.954. The number of hydrogen-bond acceptors (Lipinski definition) is 7. The van der Waals surface area contributed by atoms with Gasteiger partial charge in [-0.25, -0.2) is 9.97 Å². The van der Waals surface area contributed by atoms with E-state index in [9.17, 15) is 9.90 Å². The molecule has 31 heavy (non-hydrogen) atoms. The highest BCUT2D eigenvalue weighted by molar-refractivity contribution is 7.15. The maximum absolute atomic E-state index is 12.9. The number of ether oxygens (including phenoxy) is 1. The van der Waals surface area contributed by atoms with Crippen molar-refractivity contribution < 1.29 is 19.7 Å². The lowest BCUT2D eigenvalue weighted by molar-refractivity contribution is 0.0536. The molecule has 0 bridgehead atoms. The highest BCUT2D eigenvalue weighted by Gasteiger charge is 2.17. The predicted molar refractivity (Wildman–Crippen MR) is 120 cm³/mol. The number of hydrogen-bond donors (Lipinski definition) is 4. The fourth-order valence-electron chi connectivity index (χ4n) is 3.15. The molecule has 0 aliphatic carbocycles. The van der Waals surface area contributed by atoms with Gasteiger partial charge in [-0.05, 0) is 50.2 Å². The second-order valence-electron chi connectivity index (χ2n) is 7.06. The number of aryl methyl sites for hydroxylation is 2. The minimum Gasteiger partial charge on any atom is -0.491 e. The number of nitrogens with one attached hydrogen (secondary N) is 2. The number of carbonyl (C=O) groups excluding carboxylic acids is 1. The molecule has 4 rings (SSSR count). The van der Waals surface area contributed by atoms with Gasteiger partial charge in [-0.2, -0.15) is 0 Å². The standard InChI is InChI=1S/C22H22N4O4S/c1-12-20(31-13(2)23-12)21-25-18-5-3-4-17(19(18)26-21)22(29)24-14-6-8-16(9-7-14)30-11-15(28)10-27/h3-9,15,27-28H,10-11H2,1-2H3,(H,24,29)(H,25,26)/t15-/m0/s1. The molecule has 0 aliphatic rings. The zero-order chi connectivity index (χ0) is 22.0. The van der Waals surface area contributed by atoms with Gasteiger partial charge in [0.05, 0.1) is 33.3 Å². The normalized spacial score (nSPS) is 12.1. The van der Waals surface area contributed by atoms with Crippen LogP contribution < -0.4 is 10.1 Å². The lowest BCUT2D eigenvalue weighted by Gasteiger charge is -2.11. The van der Waals surface area contributed by atoms with Crippen molar-refractivity contribution in [2.75, 3.05) is 18.5 Å². The fraction of sp³-hybridized carbons (Fsp3) is 0.227. The second-order valence-corrected chi connectivity index (χ2v) is 8.26. The molecule has 0 aliphatic heterocycles. The number of fused-ring (bicyclic) bond motifs is 1. The van der Waals surface area contributed by atoms with Gasteiger partial charge in [0, 0.05) is 5.69 Å². The number of carbonyl (C=O) groups is 1. The zero-order valence-corrected chi connectivity index (χ0v) is 17.9. The second kappa shape index (κ2) is 8.84. The van der Waals surface area contributed by atoms with E-state index in [1.54, 1.807) is 41.7 Å². The number of aromatic amines is 1. The molecular formula is C22H22N4O4S. The highest BCUT2D eigenvalue weighted by Crippen LogP contribution is 2.30. The quantitative estimate of drug-likeness (QED) is 0.351. The average Bonchev–Trinajstić information content (AvgIpc) is 3.34. The number of aliphatic hydroxyl groups excluding tert-OH is 2. The molecule has 2 aromatic carbocycles. The third-order valence-electron chi connectivity index (χ3n) is 4.64. The van der Waals surface area contributed by atoms with Crippen LogP contribution in [0, 0.1) is 13.8 Å². The van der Waals surface area contributed by atoms with Crippen LogP contribution in [0.2, 0.25) is 0 Å². The number of benzene rings is 2. The molecule has 1 atom stereocenters. The molecule has 0 saturated heterocycles. The summed E-state index contributed by atoms with van der Waals surface area (Å²) in [4.78, 5) is 26.3. The summed E-state index contributed by atoms with van der Waals surface area (Å²) < 4.78 is 5.38. The van der Waals surface area contributed by atoms with Gasteiger partial charge < -0.3 is 25.3 Å². The van der Waals surface area contributed by atoms with Gasteiger partial charge in [0.25, 0.3) is 5.91 Å². The minimum atomic E-state index is -0.934. The topological polar surface area (TPSA) is 120 Å². The zero-order valence-electron chi connectivity index (χ0n) is 17.0. The third kappa shape index (κ3) is 4.58. The van der Waals surface area contributed by atoms with E-state index in [1.165, 1.54) is 0 Å². The van der Waals surface area contributed by atoms with Gasteiger partial charge in [0.15, 0.2) is 5.82 Å². The SMILES string of the molecule is Cc1nc(C)c(-c2nc3c(C(=O)Nc4ccc(OC[C@@H](O)CO)cc4)cccc3[nH]2)s1. The molecular weight excluding hydrogens is 416 g/mol. The molecule has 4 aromatic rings. The van der Waals surface area contributed by atoms with Crippen molar-refractivity contribution in [1.82, 2.24) is 15.0 Å². The number of anilines is 1. The van der Waals surface area contributed by atoms with E-state index < -0.39 is 6.10 Å². The molecule has 1 amide bonds. The maximum atomic E-state index is 12.9. The maximum Gasteiger partial charge on any atom is 0.257 e. The van der Waals surface area contributed by atoms with Gasteiger partial charge in [0.1, 0.15) is 24.0 Å². The molecule has 0 radical (unpaired) electrons. The van der Waals surface area contributed by atoms with E-state index in [4.69, 9.17) is 9.84 Å². The lowest BCUT2D eigenvalue weighted by Crippen LogP contribution is -2.21. The number of nitrogens with zero attached hydrogens (tertiary/aromatic N) is 2. The van der Waals surface area contributed by atoms with E-state index >= 15 is 0 Å². The van der Waals surface area contributed by atoms with Crippen LogP contribution in [0.1, 0.15) is 21.1 Å². The lowest BCUT2D eigenvalue weighted by atomic mass is 10.1. The van der Waals surface area contributed by atoms with Crippen molar-refractivity contribution >= 4 is 34.0 Å². The molecule has 0 spiro atoms. The van der Waals surface area contributed by atoms with Gasteiger partial charge in [-0.3, -0.25) is 4.79 Å². The van der Waals surface area contributed by atoms with Gasteiger partial charge in [-0.15, -0.1) is 11.3 Å². The van der Waals surface area contributed by atoms with Crippen LogP contribution in [0.25, 0.3) is 21.7 Å². The number of rotatable bonds is 7. The molecule has 2 heterocycles. The number of amides is 1. The first-order valence-electron chi connectivity index (χ1n) is 9.71. The number of H-pyrrole nitrogens is 1. The van der Waals surface area contributed by atoms with Crippen molar-refractivity contribution in [2.45, 2.75) is 20.0 Å². The Bertz CT molecular complexity index is 1220. The Kier molecular flexibility index (Phi) is 5.99. The molecule has 9 heteroatoms. The van der Waals surface area contributed by atoms with Crippen molar-refractivity contribution in [3.8, 4) is 16.5 Å². The van der Waals surface area contributed by atoms with Gasteiger partial charge >= 0.3 is 0 Å². The van der Waals surface area contributed by atoms with E-state index in [1.807, 2.05) is 26.0 Å². The Labute approximate surface area is 182 Å². The van der Waals surface area contributed by atoms with Gasteiger partial charge in [-0.1, -0.05) is 6.07 Å². The summed E-state index contributed by atoms with van der Waals surface area (Å²) >= 11 is 1.56. The molecule has 0 unspecified atom stereocenters. The van der Waals surface area contributed by atoms with Crippen LogP contribution in [0.4, 0.5) is 5.69 Å². The smallest absolute Gasteiger partial charge is 0.257 e. The fourth-order valence-corrected chi connectivity index (χ4v) is 4.02. The van der Waals surface area contributed by atoms with Crippen molar-refractivity contribution in [3.05, 3.63) is 58.7 Å². The van der Waals surface area contributed by atoms with Crippen LogP contribution >= 0.6 is 11.3 Å². The monoisotopic (exact) mass is 438 g/mol. The summed E-state index contributed by atoms with van der Waals surface area (Å²) in [7, 11) is 0.